The van der Waals surface area contributed by atoms with Gasteiger partial charge in [0.15, 0.2) is 0 Å². The van der Waals surface area contributed by atoms with Gasteiger partial charge in [-0.3, -0.25) is 4.79 Å². The molecule has 1 N–H and O–H groups in total. The Labute approximate surface area is 132 Å². The highest BCUT2D eigenvalue weighted by Gasteiger charge is 2.08. The predicted molar refractivity (Wildman–Crippen MR) is 85.9 cm³/mol. The van der Waals surface area contributed by atoms with Crippen molar-refractivity contribution in [1.29, 1.82) is 0 Å². The molecule has 4 nitrogen and oxygen atoms in total. The molecular formula is C16H25ClN2O2. The van der Waals surface area contributed by atoms with E-state index in [-0.39, 0.29) is 12.0 Å². The van der Waals surface area contributed by atoms with E-state index in [1.54, 1.807) is 6.07 Å². The number of nitrogens with zero attached hydrogens (tertiary/aromatic N) is 1. The summed E-state index contributed by atoms with van der Waals surface area (Å²) in [6.07, 6.45) is 3.91. The topological polar surface area (TPSA) is 51.2 Å². The second kappa shape index (κ2) is 9.74. The molecule has 0 radical (unpaired) electrons. The van der Waals surface area contributed by atoms with Crippen molar-refractivity contribution in [3.05, 3.63) is 28.5 Å². The number of aryl methyl sites for hydroxylation is 1. The lowest BCUT2D eigenvalue weighted by Crippen LogP contribution is -2.25. The number of rotatable bonds is 9. The largest absolute Gasteiger partial charge is 0.379 e. The van der Waals surface area contributed by atoms with Crippen LogP contribution in [0.1, 0.15) is 56.1 Å². The first kappa shape index (κ1) is 17.9. The van der Waals surface area contributed by atoms with E-state index in [1.807, 2.05) is 19.9 Å². The maximum atomic E-state index is 12.1. The molecule has 1 heterocycles. The fraction of sp³-hybridized carbons (Fsp3) is 0.625. The van der Waals surface area contributed by atoms with Crippen molar-refractivity contribution in [3.63, 3.8) is 0 Å². The van der Waals surface area contributed by atoms with E-state index in [2.05, 4.69) is 17.2 Å². The molecule has 1 aromatic heterocycles. The number of pyridine rings is 1. The van der Waals surface area contributed by atoms with E-state index < -0.39 is 0 Å². The van der Waals surface area contributed by atoms with Gasteiger partial charge in [-0.05, 0) is 45.2 Å². The first-order chi connectivity index (χ1) is 10.0. The van der Waals surface area contributed by atoms with Gasteiger partial charge in [-0.1, -0.05) is 24.9 Å². The van der Waals surface area contributed by atoms with Crippen molar-refractivity contribution < 1.29 is 9.53 Å². The summed E-state index contributed by atoms with van der Waals surface area (Å²) >= 11 is 5.95. The average Bonchev–Trinajstić information content (AvgIpc) is 2.41. The summed E-state index contributed by atoms with van der Waals surface area (Å²) in [5.41, 5.74) is 1.44. The third-order valence-corrected chi connectivity index (χ3v) is 3.12. The van der Waals surface area contributed by atoms with Crippen molar-refractivity contribution in [2.45, 2.75) is 52.6 Å². The molecule has 1 aromatic rings. The van der Waals surface area contributed by atoms with Crippen molar-refractivity contribution in [2.24, 2.45) is 0 Å². The van der Waals surface area contributed by atoms with Crippen LogP contribution in [0, 0.1) is 0 Å². The molecule has 0 aliphatic carbocycles. The van der Waals surface area contributed by atoms with E-state index >= 15 is 0 Å². The minimum atomic E-state index is -0.0959. The van der Waals surface area contributed by atoms with Crippen molar-refractivity contribution in [1.82, 2.24) is 10.3 Å². The van der Waals surface area contributed by atoms with Gasteiger partial charge < -0.3 is 10.1 Å². The zero-order valence-corrected chi connectivity index (χ0v) is 13.9. The van der Waals surface area contributed by atoms with Gasteiger partial charge in [0.05, 0.1) is 6.10 Å². The third-order valence-electron chi connectivity index (χ3n) is 2.92. The van der Waals surface area contributed by atoms with Gasteiger partial charge >= 0.3 is 0 Å². The Morgan fingerprint density at radius 3 is 2.81 bits per heavy atom. The molecule has 0 aliphatic heterocycles. The highest BCUT2D eigenvalue weighted by molar-refractivity contribution is 6.29. The van der Waals surface area contributed by atoms with Crippen LogP contribution in [-0.4, -0.2) is 30.1 Å². The van der Waals surface area contributed by atoms with Gasteiger partial charge in [0.1, 0.15) is 5.15 Å². The highest BCUT2D eigenvalue weighted by atomic mass is 35.5. The van der Waals surface area contributed by atoms with Gasteiger partial charge in [0, 0.05) is 24.4 Å². The molecule has 0 aliphatic rings. The van der Waals surface area contributed by atoms with Crippen LogP contribution in [-0.2, 0) is 11.2 Å². The minimum Gasteiger partial charge on any atom is -0.379 e. The van der Waals surface area contributed by atoms with E-state index in [4.69, 9.17) is 16.3 Å². The molecule has 0 saturated heterocycles. The summed E-state index contributed by atoms with van der Waals surface area (Å²) < 4.78 is 5.45. The fourth-order valence-electron chi connectivity index (χ4n) is 1.92. The number of amides is 1. The molecular weight excluding hydrogens is 288 g/mol. The van der Waals surface area contributed by atoms with Gasteiger partial charge in [-0.25, -0.2) is 4.98 Å². The quantitative estimate of drug-likeness (QED) is 0.559. The van der Waals surface area contributed by atoms with E-state index in [9.17, 15) is 4.79 Å². The van der Waals surface area contributed by atoms with Crippen LogP contribution in [0.5, 0.6) is 0 Å². The second-order valence-electron chi connectivity index (χ2n) is 5.30. The Morgan fingerprint density at radius 1 is 1.38 bits per heavy atom. The molecule has 21 heavy (non-hydrogen) atoms. The van der Waals surface area contributed by atoms with Crippen molar-refractivity contribution in [2.75, 3.05) is 13.2 Å². The molecule has 0 aromatic carbocycles. The summed E-state index contributed by atoms with van der Waals surface area (Å²) in [6, 6.07) is 3.42. The standard InChI is InChI=1S/C16H25ClN2O2/c1-4-7-14-10-13(11-15(17)19-14)16(20)18-8-5-6-9-21-12(2)3/h10-12H,4-9H2,1-3H3,(H,18,20). The molecule has 0 unspecified atom stereocenters. The molecule has 1 rings (SSSR count). The number of hydrogen-bond acceptors (Lipinski definition) is 3. The Kier molecular flexibility index (Phi) is 8.31. The summed E-state index contributed by atoms with van der Waals surface area (Å²) in [5.74, 6) is -0.0959. The smallest absolute Gasteiger partial charge is 0.251 e. The number of hydrogen-bond donors (Lipinski definition) is 1. The monoisotopic (exact) mass is 312 g/mol. The van der Waals surface area contributed by atoms with Crippen LogP contribution in [0.2, 0.25) is 5.15 Å². The van der Waals surface area contributed by atoms with Crippen LogP contribution in [0.25, 0.3) is 0 Å². The molecule has 5 heteroatoms. The van der Waals surface area contributed by atoms with Crippen LogP contribution in [0.3, 0.4) is 0 Å². The summed E-state index contributed by atoms with van der Waals surface area (Å²) in [4.78, 5) is 16.3. The zero-order chi connectivity index (χ0) is 15.7. The van der Waals surface area contributed by atoms with Gasteiger partial charge in [-0.15, -0.1) is 0 Å². The lowest BCUT2D eigenvalue weighted by molar-refractivity contribution is 0.0754. The van der Waals surface area contributed by atoms with E-state index in [1.165, 1.54) is 0 Å². The van der Waals surface area contributed by atoms with Crippen LogP contribution in [0.4, 0.5) is 0 Å². The second-order valence-corrected chi connectivity index (χ2v) is 5.69. The molecule has 1 amide bonds. The maximum Gasteiger partial charge on any atom is 0.251 e. The van der Waals surface area contributed by atoms with Crippen LogP contribution < -0.4 is 5.32 Å². The Balaban J connectivity index is 2.38. The first-order valence-electron chi connectivity index (χ1n) is 7.59. The highest BCUT2D eigenvalue weighted by Crippen LogP contribution is 2.12. The number of ether oxygens (including phenoxy) is 1. The Bertz CT molecular complexity index is 450. The van der Waals surface area contributed by atoms with Gasteiger partial charge in [0.25, 0.3) is 5.91 Å². The summed E-state index contributed by atoms with van der Waals surface area (Å²) in [7, 11) is 0. The number of halogens is 1. The van der Waals surface area contributed by atoms with Gasteiger partial charge in [-0.2, -0.15) is 0 Å². The number of aromatic nitrogens is 1. The van der Waals surface area contributed by atoms with Crippen LogP contribution >= 0.6 is 11.6 Å². The molecule has 118 valence electrons. The third kappa shape index (κ3) is 7.44. The molecule has 0 bridgehead atoms. The van der Waals surface area contributed by atoms with Crippen LogP contribution in [0.15, 0.2) is 12.1 Å². The zero-order valence-electron chi connectivity index (χ0n) is 13.1. The predicted octanol–water partition coefficient (Wildman–Crippen LogP) is 3.62. The normalized spacial score (nSPS) is 10.9. The van der Waals surface area contributed by atoms with Gasteiger partial charge in [0.2, 0.25) is 0 Å². The molecule has 0 atom stereocenters. The molecule has 0 fully saturated rings. The van der Waals surface area contributed by atoms with Crippen molar-refractivity contribution in [3.8, 4) is 0 Å². The lowest BCUT2D eigenvalue weighted by Gasteiger charge is -2.09. The number of carbonyl (C=O) groups excluding carboxylic acids is 1. The molecule has 0 spiro atoms. The summed E-state index contributed by atoms with van der Waals surface area (Å²) in [5, 5.41) is 3.27. The average molecular weight is 313 g/mol. The lowest BCUT2D eigenvalue weighted by atomic mass is 10.1. The number of unbranched alkanes of at least 4 members (excludes halogenated alkanes) is 1. The van der Waals surface area contributed by atoms with E-state index in [0.29, 0.717) is 17.3 Å². The maximum absolute atomic E-state index is 12.1. The van der Waals surface area contributed by atoms with E-state index in [0.717, 1.165) is 38.0 Å². The first-order valence-corrected chi connectivity index (χ1v) is 7.97. The fourth-order valence-corrected chi connectivity index (χ4v) is 2.14. The SMILES string of the molecule is CCCc1cc(C(=O)NCCCCOC(C)C)cc(Cl)n1. The Hall–Kier alpha value is -1.13. The number of nitrogens with one attached hydrogen (secondary N) is 1. The minimum absolute atomic E-state index is 0.0959. The molecule has 0 saturated carbocycles. The van der Waals surface area contributed by atoms with Crippen molar-refractivity contribution >= 4 is 17.5 Å². The Morgan fingerprint density at radius 2 is 2.14 bits per heavy atom. The summed E-state index contributed by atoms with van der Waals surface area (Å²) in [6.45, 7) is 7.48. The number of carbonyl (C=O) groups is 1.